The van der Waals surface area contributed by atoms with Crippen LogP contribution < -0.4 is 10.5 Å². The van der Waals surface area contributed by atoms with E-state index in [9.17, 15) is 0 Å². The van der Waals surface area contributed by atoms with Gasteiger partial charge in [-0.25, -0.2) is 4.98 Å². The van der Waals surface area contributed by atoms with E-state index in [2.05, 4.69) is 20.9 Å². The molecule has 0 radical (unpaired) electrons. The second kappa shape index (κ2) is 5.15. The Morgan fingerprint density at radius 1 is 1.31 bits per heavy atom. The molecule has 2 rings (SSSR count). The Balaban J connectivity index is 1.88. The summed E-state index contributed by atoms with van der Waals surface area (Å²) in [6.45, 7) is 0.571. The molecule has 0 spiro atoms. The highest BCUT2D eigenvalue weighted by Crippen LogP contribution is 2.26. The molecule has 1 aliphatic carbocycles. The monoisotopic (exact) mass is 284 g/mol. The molecule has 88 valence electrons. The van der Waals surface area contributed by atoms with Gasteiger partial charge in [-0.15, -0.1) is 0 Å². The van der Waals surface area contributed by atoms with Crippen molar-refractivity contribution in [3.8, 4) is 5.88 Å². The zero-order chi connectivity index (χ0) is 11.4. The van der Waals surface area contributed by atoms with Crippen LogP contribution in [0, 0.1) is 0 Å². The predicted molar refractivity (Wildman–Crippen MR) is 67.4 cm³/mol. The maximum absolute atomic E-state index is 6.27. The zero-order valence-corrected chi connectivity index (χ0v) is 10.9. The summed E-state index contributed by atoms with van der Waals surface area (Å²) in [5.74, 6) is 0.651. The van der Waals surface area contributed by atoms with Crippen LogP contribution in [0.15, 0.2) is 22.8 Å². The van der Waals surface area contributed by atoms with Crippen molar-refractivity contribution in [2.24, 2.45) is 5.73 Å². The Morgan fingerprint density at radius 3 is 2.69 bits per heavy atom. The van der Waals surface area contributed by atoms with Crippen molar-refractivity contribution in [1.82, 2.24) is 4.98 Å². The Morgan fingerprint density at radius 2 is 2.06 bits per heavy atom. The van der Waals surface area contributed by atoms with Crippen molar-refractivity contribution < 1.29 is 4.74 Å². The first-order valence-corrected chi connectivity index (χ1v) is 6.51. The van der Waals surface area contributed by atoms with Gasteiger partial charge in [-0.05, 0) is 34.8 Å². The highest BCUT2D eigenvalue weighted by Gasteiger charge is 2.28. The molecule has 0 aliphatic heterocycles. The van der Waals surface area contributed by atoms with Crippen molar-refractivity contribution in [2.75, 3.05) is 6.61 Å². The first-order valence-electron chi connectivity index (χ1n) is 5.71. The van der Waals surface area contributed by atoms with Gasteiger partial charge < -0.3 is 10.5 Å². The van der Waals surface area contributed by atoms with Crippen LogP contribution in [0.2, 0.25) is 0 Å². The fraction of sp³-hybridized carbons (Fsp3) is 0.583. The van der Waals surface area contributed by atoms with Gasteiger partial charge in [0.2, 0.25) is 5.88 Å². The normalized spacial score (nSPS) is 19.4. The van der Waals surface area contributed by atoms with Crippen LogP contribution in [0.3, 0.4) is 0 Å². The lowest BCUT2D eigenvalue weighted by molar-refractivity contribution is 0.169. The molecular formula is C12H17BrN2O. The fourth-order valence-electron chi connectivity index (χ4n) is 2.07. The number of nitrogens with two attached hydrogens (primary N) is 1. The SMILES string of the molecule is NC1(COc2ccc(Br)cn2)CCCCC1. The summed E-state index contributed by atoms with van der Waals surface area (Å²) in [4.78, 5) is 4.17. The standard InChI is InChI=1S/C12H17BrN2O/c13-10-4-5-11(15-8-10)16-9-12(14)6-2-1-3-7-12/h4-5,8H,1-3,6-7,9,14H2. The van der Waals surface area contributed by atoms with E-state index in [1.165, 1.54) is 19.3 Å². The average Bonchev–Trinajstić information content (AvgIpc) is 2.29. The number of hydrogen-bond donors (Lipinski definition) is 1. The Bertz CT molecular complexity index is 333. The van der Waals surface area contributed by atoms with Crippen LogP contribution in [0.25, 0.3) is 0 Å². The molecule has 1 fully saturated rings. The third-order valence-electron chi connectivity index (χ3n) is 3.06. The molecule has 16 heavy (non-hydrogen) atoms. The van der Waals surface area contributed by atoms with E-state index >= 15 is 0 Å². The third-order valence-corrected chi connectivity index (χ3v) is 3.53. The first kappa shape index (κ1) is 11.9. The molecule has 0 bridgehead atoms. The largest absolute Gasteiger partial charge is 0.476 e. The van der Waals surface area contributed by atoms with Crippen molar-refractivity contribution in [3.05, 3.63) is 22.8 Å². The van der Waals surface area contributed by atoms with Gasteiger partial charge in [0, 0.05) is 16.7 Å². The molecule has 3 nitrogen and oxygen atoms in total. The van der Waals surface area contributed by atoms with Crippen LogP contribution in [-0.2, 0) is 0 Å². The summed E-state index contributed by atoms with van der Waals surface area (Å²) in [5, 5.41) is 0. The summed E-state index contributed by atoms with van der Waals surface area (Å²) < 4.78 is 6.60. The van der Waals surface area contributed by atoms with E-state index in [0.29, 0.717) is 12.5 Å². The molecule has 1 saturated carbocycles. The molecule has 0 unspecified atom stereocenters. The van der Waals surface area contributed by atoms with Gasteiger partial charge >= 0.3 is 0 Å². The molecule has 4 heteroatoms. The molecule has 1 heterocycles. The van der Waals surface area contributed by atoms with E-state index in [0.717, 1.165) is 17.3 Å². The number of aromatic nitrogens is 1. The number of hydrogen-bond acceptors (Lipinski definition) is 3. The van der Waals surface area contributed by atoms with Gasteiger partial charge in [0.05, 0.1) is 5.54 Å². The first-order chi connectivity index (χ1) is 7.68. The second-order valence-corrected chi connectivity index (χ2v) is 5.44. The Kier molecular flexibility index (Phi) is 3.82. The van der Waals surface area contributed by atoms with E-state index < -0.39 is 0 Å². The maximum atomic E-state index is 6.27. The van der Waals surface area contributed by atoms with Crippen LogP contribution in [-0.4, -0.2) is 17.1 Å². The van der Waals surface area contributed by atoms with Crippen LogP contribution in [0.5, 0.6) is 5.88 Å². The van der Waals surface area contributed by atoms with Crippen LogP contribution in [0.4, 0.5) is 0 Å². The van der Waals surface area contributed by atoms with Gasteiger partial charge in [0.15, 0.2) is 0 Å². The Hall–Kier alpha value is -0.610. The summed E-state index contributed by atoms with van der Waals surface area (Å²) in [6.07, 6.45) is 7.59. The number of nitrogens with zero attached hydrogens (tertiary/aromatic N) is 1. The molecule has 2 N–H and O–H groups in total. The molecule has 0 amide bonds. The van der Waals surface area contributed by atoms with Crippen molar-refractivity contribution in [2.45, 2.75) is 37.6 Å². The van der Waals surface area contributed by atoms with Crippen LogP contribution >= 0.6 is 15.9 Å². The van der Waals surface area contributed by atoms with Gasteiger partial charge in [-0.3, -0.25) is 0 Å². The summed E-state index contributed by atoms with van der Waals surface area (Å²) in [7, 11) is 0. The smallest absolute Gasteiger partial charge is 0.213 e. The molecule has 0 atom stereocenters. The van der Waals surface area contributed by atoms with Crippen LogP contribution in [0.1, 0.15) is 32.1 Å². The molecule has 0 saturated heterocycles. The maximum Gasteiger partial charge on any atom is 0.213 e. The highest BCUT2D eigenvalue weighted by atomic mass is 79.9. The second-order valence-electron chi connectivity index (χ2n) is 4.53. The predicted octanol–water partition coefficient (Wildman–Crippen LogP) is 2.88. The van der Waals surface area contributed by atoms with Gasteiger partial charge in [-0.1, -0.05) is 19.3 Å². The molecule has 0 aromatic carbocycles. The minimum Gasteiger partial charge on any atom is -0.476 e. The summed E-state index contributed by atoms with van der Waals surface area (Å²) >= 11 is 3.34. The van der Waals surface area contributed by atoms with E-state index in [1.54, 1.807) is 6.20 Å². The van der Waals surface area contributed by atoms with E-state index in [1.807, 2.05) is 12.1 Å². The van der Waals surface area contributed by atoms with Crippen molar-refractivity contribution >= 4 is 15.9 Å². The van der Waals surface area contributed by atoms with Crippen molar-refractivity contribution in [3.63, 3.8) is 0 Å². The van der Waals surface area contributed by atoms with Gasteiger partial charge in [0.25, 0.3) is 0 Å². The lowest BCUT2D eigenvalue weighted by Crippen LogP contribution is -2.47. The third kappa shape index (κ3) is 3.19. The minimum absolute atomic E-state index is 0.146. The quantitative estimate of drug-likeness (QED) is 0.929. The number of rotatable bonds is 3. The summed E-state index contributed by atoms with van der Waals surface area (Å²) in [6, 6.07) is 3.78. The van der Waals surface area contributed by atoms with Crippen molar-refractivity contribution in [1.29, 1.82) is 0 Å². The molecule has 1 aromatic rings. The Labute approximate surface area is 105 Å². The topological polar surface area (TPSA) is 48.1 Å². The van der Waals surface area contributed by atoms with Gasteiger partial charge in [-0.2, -0.15) is 0 Å². The number of ether oxygens (including phenoxy) is 1. The van der Waals surface area contributed by atoms with Gasteiger partial charge in [0.1, 0.15) is 6.61 Å². The minimum atomic E-state index is -0.146. The lowest BCUT2D eigenvalue weighted by Gasteiger charge is -2.32. The highest BCUT2D eigenvalue weighted by molar-refractivity contribution is 9.10. The number of pyridine rings is 1. The average molecular weight is 285 g/mol. The summed E-state index contributed by atoms with van der Waals surface area (Å²) in [5.41, 5.74) is 6.13. The van der Waals surface area contributed by atoms with E-state index in [-0.39, 0.29) is 5.54 Å². The molecular weight excluding hydrogens is 268 g/mol. The lowest BCUT2D eigenvalue weighted by atomic mass is 9.83. The molecule has 1 aromatic heterocycles. The molecule has 1 aliphatic rings. The number of halogens is 1. The zero-order valence-electron chi connectivity index (χ0n) is 9.29. The van der Waals surface area contributed by atoms with E-state index in [4.69, 9.17) is 10.5 Å². The fourth-order valence-corrected chi connectivity index (χ4v) is 2.30.